The Morgan fingerprint density at radius 3 is 2.51 bits per heavy atom. The second-order valence-electron chi connectivity index (χ2n) is 10.0. The molecule has 6 rings (SSSR count). The molecule has 1 aliphatic carbocycles. The van der Waals surface area contributed by atoms with Gasteiger partial charge in [-0.15, -0.1) is 0 Å². The molecule has 3 aromatic rings. The van der Waals surface area contributed by atoms with E-state index in [-0.39, 0.29) is 29.4 Å². The number of rotatable bonds is 4. The van der Waals surface area contributed by atoms with Crippen molar-refractivity contribution >= 4 is 17.7 Å². The van der Waals surface area contributed by atoms with Gasteiger partial charge < -0.3 is 23.5 Å². The van der Waals surface area contributed by atoms with Crippen molar-refractivity contribution in [2.24, 2.45) is 5.92 Å². The minimum absolute atomic E-state index is 0.0210. The summed E-state index contributed by atoms with van der Waals surface area (Å²) in [5.41, 5.74) is 0.837. The number of likely N-dealkylation sites (tertiary alicyclic amines) is 1. The van der Waals surface area contributed by atoms with Crippen molar-refractivity contribution in [1.29, 1.82) is 5.26 Å². The molecule has 2 amide bonds. The van der Waals surface area contributed by atoms with E-state index in [2.05, 4.69) is 11.1 Å². The lowest BCUT2D eigenvalue weighted by molar-refractivity contribution is -0.136. The lowest BCUT2D eigenvalue weighted by Crippen LogP contribution is -2.55. The topological polar surface area (TPSA) is 107 Å². The van der Waals surface area contributed by atoms with Crippen LogP contribution in [0.25, 0.3) is 11.7 Å². The number of nitrogens with zero attached hydrogens (tertiary/aromatic N) is 5. The molecule has 0 bridgehead atoms. The highest BCUT2D eigenvalue weighted by atomic mass is 16.4. The van der Waals surface area contributed by atoms with Crippen LogP contribution in [0.2, 0.25) is 0 Å². The number of hydrogen-bond acceptors (Lipinski definition) is 7. The molecular formula is C28H29N5O4. The van der Waals surface area contributed by atoms with Crippen molar-refractivity contribution in [1.82, 2.24) is 14.8 Å². The zero-order valence-corrected chi connectivity index (χ0v) is 20.6. The number of carbonyl (C=O) groups excluding carboxylic acids is 2. The first-order valence-electron chi connectivity index (χ1n) is 13.0. The van der Waals surface area contributed by atoms with E-state index in [4.69, 9.17) is 8.83 Å². The molecule has 1 aromatic carbocycles. The summed E-state index contributed by atoms with van der Waals surface area (Å²) in [4.78, 5) is 37.4. The first-order valence-corrected chi connectivity index (χ1v) is 13.0. The van der Waals surface area contributed by atoms with Crippen molar-refractivity contribution in [3.63, 3.8) is 0 Å². The van der Waals surface area contributed by atoms with Gasteiger partial charge in [0.05, 0.1) is 6.26 Å². The number of piperazine rings is 1. The maximum absolute atomic E-state index is 13.8. The van der Waals surface area contributed by atoms with Gasteiger partial charge in [-0.3, -0.25) is 9.59 Å². The molecule has 190 valence electrons. The molecule has 3 atom stereocenters. The number of benzene rings is 1. The number of anilines is 1. The molecule has 3 unspecified atom stereocenters. The van der Waals surface area contributed by atoms with E-state index in [1.807, 2.05) is 45.0 Å². The normalized spacial score (nSPS) is 23.5. The Labute approximate surface area is 215 Å². The molecule has 3 fully saturated rings. The second-order valence-corrected chi connectivity index (χ2v) is 10.0. The van der Waals surface area contributed by atoms with Gasteiger partial charge >= 0.3 is 0 Å². The Kier molecular flexibility index (Phi) is 6.16. The van der Waals surface area contributed by atoms with Crippen molar-refractivity contribution in [2.45, 2.75) is 44.2 Å². The van der Waals surface area contributed by atoms with Crippen molar-refractivity contribution < 1.29 is 18.4 Å². The Bertz CT molecular complexity index is 1300. The molecule has 9 nitrogen and oxygen atoms in total. The van der Waals surface area contributed by atoms with E-state index in [0.717, 1.165) is 32.1 Å². The van der Waals surface area contributed by atoms with E-state index in [1.54, 1.807) is 12.1 Å². The molecular weight excluding hydrogens is 470 g/mol. The quantitative estimate of drug-likeness (QED) is 0.535. The van der Waals surface area contributed by atoms with Gasteiger partial charge in [0.15, 0.2) is 5.76 Å². The molecule has 0 N–H and O–H groups in total. The summed E-state index contributed by atoms with van der Waals surface area (Å²) < 4.78 is 11.2. The van der Waals surface area contributed by atoms with Gasteiger partial charge in [0.2, 0.25) is 17.5 Å². The molecule has 1 saturated carbocycles. The molecule has 0 spiro atoms. The predicted molar refractivity (Wildman–Crippen MR) is 134 cm³/mol. The van der Waals surface area contributed by atoms with E-state index < -0.39 is 6.04 Å². The minimum atomic E-state index is -0.433. The fraction of sp³-hybridized carbons (Fsp3) is 0.429. The largest absolute Gasteiger partial charge is 0.459 e. The van der Waals surface area contributed by atoms with Crippen LogP contribution in [0.3, 0.4) is 0 Å². The lowest BCUT2D eigenvalue weighted by atomic mass is 9.84. The molecule has 2 saturated heterocycles. The van der Waals surface area contributed by atoms with Crippen LogP contribution in [-0.2, 0) is 4.79 Å². The van der Waals surface area contributed by atoms with E-state index >= 15 is 0 Å². The third-order valence-corrected chi connectivity index (χ3v) is 7.95. The summed E-state index contributed by atoms with van der Waals surface area (Å²) in [6.07, 6.45) is 6.54. The first kappa shape index (κ1) is 23.3. The molecule has 37 heavy (non-hydrogen) atoms. The first-order chi connectivity index (χ1) is 18.1. The highest BCUT2D eigenvalue weighted by molar-refractivity contribution is 5.98. The standard InChI is InChI=1S/C28H29N5O4/c29-18-21-28(37-25(30-21)24-11-6-16-36-24)32-14-12-31(13-15-32)27(35)23-17-20-9-4-5-10-22(20)33(23)26(34)19-7-2-1-3-8-19/h1-3,6-8,11,16,20,22-23H,4-5,9-10,12-15,17H2. The Hall–Kier alpha value is -4.06. The van der Waals surface area contributed by atoms with Gasteiger partial charge in [0.25, 0.3) is 11.8 Å². The zero-order chi connectivity index (χ0) is 25.4. The number of nitriles is 1. The van der Waals surface area contributed by atoms with Gasteiger partial charge in [-0.25, -0.2) is 0 Å². The van der Waals surface area contributed by atoms with Crippen LogP contribution < -0.4 is 4.90 Å². The third-order valence-electron chi connectivity index (χ3n) is 7.95. The maximum atomic E-state index is 13.8. The SMILES string of the molecule is N#Cc1nc(-c2ccco2)oc1N1CCN(C(=O)C2CC3CCCCC3N2C(=O)c2ccccc2)CC1. The highest BCUT2D eigenvalue weighted by Crippen LogP contribution is 2.41. The second kappa shape index (κ2) is 9.77. The smallest absolute Gasteiger partial charge is 0.266 e. The van der Waals surface area contributed by atoms with E-state index in [0.29, 0.717) is 49.3 Å². The molecule has 3 aliphatic rings. The number of hydrogen-bond donors (Lipinski definition) is 0. The summed E-state index contributed by atoms with van der Waals surface area (Å²) in [6, 6.07) is 14.6. The van der Waals surface area contributed by atoms with Crippen LogP contribution in [0.1, 0.15) is 48.2 Å². The number of amides is 2. The summed E-state index contributed by atoms with van der Waals surface area (Å²) in [6.45, 7) is 2.00. The number of aromatic nitrogens is 1. The molecule has 2 aromatic heterocycles. The van der Waals surface area contributed by atoms with Gasteiger partial charge in [-0.05, 0) is 49.4 Å². The van der Waals surface area contributed by atoms with E-state index in [9.17, 15) is 14.9 Å². The van der Waals surface area contributed by atoms with Crippen LogP contribution in [0, 0.1) is 17.2 Å². The number of oxazole rings is 1. The van der Waals surface area contributed by atoms with Gasteiger partial charge in [0.1, 0.15) is 12.1 Å². The van der Waals surface area contributed by atoms with Crippen LogP contribution in [0.15, 0.2) is 57.6 Å². The molecule has 2 aliphatic heterocycles. The maximum Gasteiger partial charge on any atom is 0.266 e. The van der Waals surface area contributed by atoms with Crippen LogP contribution in [-0.4, -0.2) is 64.9 Å². The van der Waals surface area contributed by atoms with Crippen LogP contribution >= 0.6 is 0 Å². The van der Waals surface area contributed by atoms with E-state index in [1.165, 1.54) is 6.26 Å². The van der Waals surface area contributed by atoms with Crippen LogP contribution in [0.5, 0.6) is 0 Å². The average Bonchev–Trinajstić information content (AvgIpc) is 3.71. The zero-order valence-electron chi connectivity index (χ0n) is 20.6. The third kappa shape index (κ3) is 4.26. The summed E-state index contributed by atoms with van der Waals surface area (Å²) in [5.74, 6) is 1.48. The van der Waals surface area contributed by atoms with Gasteiger partial charge in [-0.2, -0.15) is 10.2 Å². The molecule has 4 heterocycles. The molecule has 9 heteroatoms. The van der Waals surface area contributed by atoms with Gasteiger partial charge in [0, 0.05) is 37.8 Å². The number of carbonyl (C=O) groups is 2. The average molecular weight is 500 g/mol. The van der Waals surface area contributed by atoms with Crippen molar-refractivity contribution in [3.05, 3.63) is 60.0 Å². The highest BCUT2D eigenvalue weighted by Gasteiger charge is 2.48. The predicted octanol–water partition coefficient (Wildman–Crippen LogP) is 3.93. The lowest BCUT2D eigenvalue weighted by Gasteiger charge is -2.38. The number of fused-ring (bicyclic) bond motifs is 1. The van der Waals surface area contributed by atoms with Crippen molar-refractivity contribution in [2.75, 3.05) is 31.1 Å². The Morgan fingerprint density at radius 2 is 1.78 bits per heavy atom. The van der Waals surface area contributed by atoms with Gasteiger partial charge in [-0.1, -0.05) is 31.0 Å². The minimum Gasteiger partial charge on any atom is -0.459 e. The van der Waals surface area contributed by atoms with Crippen LogP contribution in [0.4, 0.5) is 5.88 Å². The van der Waals surface area contributed by atoms with Crippen molar-refractivity contribution in [3.8, 4) is 17.7 Å². The molecule has 0 radical (unpaired) electrons. The monoisotopic (exact) mass is 499 g/mol. The number of furan rings is 1. The summed E-state index contributed by atoms with van der Waals surface area (Å²) in [7, 11) is 0. The summed E-state index contributed by atoms with van der Waals surface area (Å²) in [5, 5.41) is 9.59. The fourth-order valence-electron chi connectivity index (χ4n) is 6.15. The fourth-order valence-corrected chi connectivity index (χ4v) is 6.15. The Morgan fingerprint density at radius 1 is 1.00 bits per heavy atom. The Balaban J connectivity index is 1.18. The summed E-state index contributed by atoms with van der Waals surface area (Å²) >= 11 is 0.